The number of carbonyl (C=O) groups is 1. The molecular weight excluding hydrogens is 440 g/mol. The Morgan fingerprint density at radius 2 is 1.89 bits per heavy atom. The van der Waals surface area contributed by atoms with Crippen LogP contribution in [0.25, 0.3) is 0 Å². The number of fused-ring (bicyclic) bond motifs is 1. The number of benzene rings is 2. The highest BCUT2D eigenvalue weighted by molar-refractivity contribution is 9.10. The molecule has 0 bridgehead atoms. The Kier molecular flexibility index (Phi) is 5.60. The van der Waals surface area contributed by atoms with Crippen LogP contribution < -0.4 is 9.21 Å². The number of nitrogens with zero attached hydrogens (tertiary/aromatic N) is 2. The van der Waals surface area contributed by atoms with E-state index in [1.165, 1.54) is 11.2 Å². The van der Waals surface area contributed by atoms with Crippen LogP contribution in [0.15, 0.2) is 39.7 Å². The minimum atomic E-state index is -3.86. The van der Waals surface area contributed by atoms with Crippen molar-refractivity contribution in [3.63, 3.8) is 0 Å². The molecular formula is C21H25BrN2O3S. The molecule has 28 heavy (non-hydrogen) atoms. The summed E-state index contributed by atoms with van der Waals surface area (Å²) in [6.45, 7) is 9.49. The number of sulfonamides is 1. The summed E-state index contributed by atoms with van der Waals surface area (Å²) in [6, 6.07) is 9.07. The first-order chi connectivity index (χ1) is 13.1. The zero-order chi connectivity index (χ0) is 20.8. The lowest BCUT2D eigenvalue weighted by molar-refractivity contribution is -0.116. The molecule has 1 aliphatic rings. The highest BCUT2D eigenvalue weighted by Crippen LogP contribution is 2.41. The molecule has 1 aliphatic heterocycles. The maximum absolute atomic E-state index is 13.7. The molecule has 2 aromatic carbocycles. The van der Waals surface area contributed by atoms with E-state index in [4.69, 9.17) is 0 Å². The van der Waals surface area contributed by atoms with E-state index in [2.05, 4.69) is 15.9 Å². The normalized spacial score (nSPS) is 16.2. The van der Waals surface area contributed by atoms with Crippen molar-refractivity contribution < 1.29 is 13.2 Å². The Morgan fingerprint density at radius 3 is 2.46 bits per heavy atom. The molecule has 0 radical (unpaired) electrons. The average molecular weight is 465 g/mol. The molecule has 0 fully saturated rings. The van der Waals surface area contributed by atoms with Crippen LogP contribution in [0.5, 0.6) is 0 Å². The lowest BCUT2D eigenvalue weighted by atomic mass is 10.1. The van der Waals surface area contributed by atoms with Crippen LogP contribution in [-0.4, -0.2) is 26.9 Å². The van der Waals surface area contributed by atoms with Crippen LogP contribution in [0.1, 0.15) is 37.5 Å². The van der Waals surface area contributed by atoms with E-state index in [1.54, 1.807) is 11.0 Å². The summed E-state index contributed by atoms with van der Waals surface area (Å²) in [6.07, 6.45) is 0.632. The van der Waals surface area contributed by atoms with Crippen LogP contribution in [0.4, 0.5) is 11.4 Å². The molecule has 1 unspecified atom stereocenters. The summed E-state index contributed by atoms with van der Waals surface area (Å²) in [4.78, 5) is 14.0. The monoisotopic (exact) mass is 464 g/mol. The molecule has 2 aromatic rings. The Bertz CT molecular complexity index is 1050. The fraction of sp³-hybridized carbons (Fsp3) is 0.381. The lowest BCUT2D eigenvalue weighted by Gasteiger charge is -2.28. The van der Waals surface area contributed by atoms with Gasteiger partial charge in [0.1, 0.15) is 4.90 Å². The molecule has 0 aliphatic carbocycles. The highest BCUT2D eigenvalue weighted by atomic mass is 79.9. The maximum Gasteiger partial charge on any atom is 0.266 e. The minimum absolute atomic E-state index is 0.0764. The molecule has 0 aromatic heterocycles. The van der Waals surface area contributed by atoms with Crippen LogP contribution >= 0.6 is 15.9 Å². The molecule has 150 valence electrons. The minimum Gasteiger partial charge on any atom is -0.308 e. The van der Waals surface area contributed by atoms with E-state index < -0.39 is 10.0 Å². The third-order valence-electron chi connectivity index (χ3n) is 5.29. The van der Waals surface area contributed by atoms with Crippen molar-refractivity contribution >= 4 is 43.2 Å². The summed E-state index contributed by atoms with van der Waals surface area (Å²) >= 11 is 3.45. The predicted molar refractivity (Wildman–Crippen MR) is 117 cm³/mol. The van der Waals surface area contributed by atoms with Crippen LogP contribution in [0, 0.1) is 13.8 Å². The third kappa shape index (κ3) is 3.46. The second-order valence-electron chi connectivity index (χ2n) is 7.29. The second kappa shape index (κ2) is 7.52. The highest BCUT2D eigenvalue weighted by Gasteiger charge is 2.37. The van der Waals surface area contributed by atoms with Crippen molar-refractivity contribution in [2.75, 3.05) is 15.7 Å². The maximum atomic E-state index is 13.7. The summed E-state index contributed by atoms with van der Waals surface area (Å²) in [5.41, 5.74) is 4.14. The predicted octanol–water partition coefficient (Wildman–Crippen LogP) is 4.58. The van der Waals surface area contributed by atoms with E-state index in [0.717, 1.165) is 16.7 Å². The van der Waals surface area contributed by atoms with Gasteiger partial charge in [-0.05, 0) is 75.1 Å². The van der Waals surface area contributed by atoms with Gasteiger partial charge >= 0.3 is 0 Å². The summed E-state index contributed by atoms with van der Waals surface area (Å²) in [5.74, 6) is -0.153. The van der Waals surface area contributed by atoms with Gasteiger partial charge in [0.2, 0.25) is 5.91 Å². The van der Waals surface area contributed by atoms with Gasteiger partial charge in [0.25, 0.3) is 10.0 Å². The zero-order valence-corrected chi connectivity index (χ0v) is 19.2. The van der Waals surface area contributed by atoms with E-state index in [0.29, 0.717) is 28.8 Å². The van der Waals surface area contributed by atoms with Crippen molar-refractivity contribution in [2.24, 2.45) is 0 Å². The molecule has 1 atom stereocenters. The fourth-order valence-electron chi connectivity index (χ4n) is 3.84. The van der Waals surface area contributed by atoms with Crippen molar-refractivity contribution in [3.05, 3.63) is 51.5 Å². The van der Waals surface area contributed by atoms with Gasteiger partial charge in [0, 0.05) is 24.0 Å². The molecule has 0 spiro atoms. The molecule has 1 heterocycles. The Labute approximate surface area is 175 Å². The van der Waals surface area contributed by atoms with E-state index in [1.807, 2.05) is 52.0 Å². The summed E-state index contributed by atoms with van der Waals surface area (Å²) in [5, 5.41) is 0. The molecule has 0 saturated heterocycles. The molecule has 5 nitrogen and oxygen atoms in total. The number of rotatable bonds is 4. The number of carbonyl (C=O) groups excluding carboxylic acids is 1. The van der Waals surface area contributed by atoms with Crippen molar-refractivity contribution in [1.82, 2.24) is 0 Å². The van der Waals surface area contributed by atoms with Crippen molar-refractivity contribution in [2.45, 2.75) is 52.0 Å². The quantitative estimate of drug-likeness (QED) is 0.665. The summed E-state index contributed by atoms with van der Waals surface area (Å²) < 4.78 is 29.5. The largest absolute Gasteiger partial charge is 0.308 e. The number of aryl methyl sites for hydroxylation is 2. The van der Waals surface area contributed by atoms with E-state index >= 15 is 0 Å². The smallest absolute Gasteiger partial charge is 0.266 e. The van der Waals surface area contributed by atoms with Gasteiger partial charge < -0.3 is 4.90 Å². The fourth-order valence-corrected chi connectivity index (χ4v) is 6.22. The number of hydrogen-bond donors (Lipinski definition) is 0. The van der Waals surface area contributed by atoms with E-state index in [9.17, 15) is 13.2 Å². The number of anilines is 2. The average Bonchev–Trinajstić information content (AvgIpc) is 2.93. The topological polar surface area (TPSA) is 57.7 Å². The van der Waals surface area contributed by atoms with Gasteiger partial charge in [-0.1, -0.05) is 22.0 Å². The standard InChI is InChI=1S/C21H25BrN2O3S/c1-6-23(19-8-7-13(2)14(3)9-19)28(26,27)20-12-18(22)11-17-10-15(4)24(16(5)25)21(17)20/h7-9,11-12,15H,6,10H2,1-5H3. The summed E-state index contributed by atoms with van der Waals surface area (Å²) in [7, 11) is -3.86. The third-order valence-corrected chi connectivity index (χ3v) is 7.66. The number of hydrogen-bond acceptors (Lipinski definition) is 3. The van der Waals surface area contributed by atoms with Gasteiger partial charge in [-0.25, -0.2) is 8.42 Å². The van der Waals surface area contributed by atoms with Crippen LogP contribution in [0.3, 0.4) is 0 Å². The van der Waals surface area contributed by atoms with Crippen LogP contribution in [-0.2, 0) is 21.2 Å². The van der Waals surface area contributed by atoms with Crippen LogP contribution in [0.2, 0.25) is 0 Å². The molecule has 1 amide bonds. The number of halogens is 1. The molecule has 0 saturated carbocycles. The molecule has 7 heteroatoms. The van der Waals surface area contributed by atoms with Gasteiger partial charge in [0.15, 0.2) is 0 Å². The molecule has 0 N–H and O–H groups in total. The van der Waals surface area contributed by atoms with Crippen molar-refractivity contribution in [3.8, 4) is 0 Å². The molecule has 3 rings (SSSR count). The van der Waals surface area contributed by atoms with Crippen molar-refractivity contribution in [1.29, 1.82) is 0 Å². The SMILES string of the molecule is CCN(c1ccc(C)c(C)c1)S(=O)(=O)c1cc(Br)cc2c1N(C(C)=O)C(C)C2. The number of amides is 1. The van der Waals surface area contributed by atoms with Gasteiger partial charge in [-0.2, -0.15) is 0 Å². The van der Waals surface area contributed by atoms with E-state index in [-0.39, 0.29) is 16.8 Å². The van der Waals surface area contributed by atoms with Gasteiger partial charge in [-0.15, -0.1) is 0 Å². The van der Waals surface area contributed by atoms with Gasteiger partial charge in [0.05, 0.1) is 11.4 Å². The first-order valence-electron chi connectivity index (χ1n) is 9.30. The Morgan fingerprint density at radius 1 is 1.21 bits per heavy atom. The Hall–Kier alpha value is -1.86. The zero-order valence-electron chi connectivity index (χ0n) is 16.8. The second-order valence-corrected chi connectivity index (χ2v) is 10.0. The lowest BCUT2D eigenvalue weighted by Crippen LogP contribution is -2.36. The first-order valence-corrected chi connectivity index (χ1v) is 11.5. The first kappa shape index (κ1) is 20.9. The van der Waals surface area contributed by atoms with Gasteiger partial charge in [-0.3, -0.25) is 9.10 Å². The Balaban J connectivity index is 2.22.